The molecular weight excluding hydrogens is 348 g/mol. The number of ether oxygens (including phenoxy) is 4. The Labute approximate surface area is 150 Å². The van der Waals surface area contributed by atoms with Crippen LogP contribution in [0.2, 0.25) is 0 Å². The number of rotatable bonds is 7. The molecule has 0 saturated carbocycles. The molecule has 5 atom stereocenters. The quantitative estimate of drug-likeness (QED) is 0.403. The van der Waals surface area contributed by atoms with Crippen molar-refractivity contribution in [2.24, 2.45) is 0 Å². The lowest BCUT2D eigenvalue weighted by Gasteiger charge is -2.39. The van der Waals surface area contributed by atoms with Gasteiger partial charge in [-0.25, -0.2) is 0 Å². The fourth-order valence-electron chi connectivity index (χ4n) is 2.61. The molecule has 2 rings (SSSR count). The largest absolute Gasteiger partial charge is 0.497 e. The van der Waals surface area contributed by atoms with E-state index in [9.17, 15) is 20.4 Å². The molecule has 0 bridgehead atoms. The van der Waals surface area contributed by atoms with Crippen molar-refractivity contribution in [3.63, 3.8) is 0 Å². The highest BCUT2D eigenvalue weighted by atomic mass is 16.7. The third-order valence-electron chi connectivity index (χ3n) is 3.99. The van der Waals surface area contributed by atoms with Gasteiger partial charge in [-0.15, -0.1) is 0 Å². The highest BCUT2D eigenvalue weighted by Crippen LogP contribution is 2.38. The van der Waals surface area contributed by atoms with Gasteiger partial charge in [-0.1, -0.05) is 12.2 Å². The number of aliphatic hydroxyl groups excluding tert-OH is 5. The first kappa shape index (κ1) is 20.4. The van der Waals surface area contributed by atoms with Gasteiger partial charge in [0.05, 0.1) is 27.4 Å². The highest BCUT2D eigenvalue weighted by Gasteiger charge is 2.45. The molecule has 1 aliphatic heterocycles. The van der Waals surface area contributed by atoms with E-state index in [1.54, 1.807) is 12.1 Å². The summed E-state index contributed by atoms with van der Waals surface area (Å²) < 4.78 is 21.5. The summed E-state index contributed by atoms with van der Waals surface area (Å²) in [5, 5.41) is 48.1. The molecule has 0 aromatic heterocycles. The maximum atomic E-state index is 10.1. The molecule has 1 saturated heterocycles. The van der Waals surface area contributed by atoms with E-state index in [4.69, 9.17) is 24.1 Å². The average molecular weight is 372 g/mol. The third kappa shape index (κ3) is 4.26. The molecule has 1 aliphatic rings. The third-order valence-corrected chi connectivity index (χ3v) is 3.99. The first-order valence-corrected chi connectivity index (χ1v) is 7.97. The Bertz CT molecular complexity index is 616. The lowest BCUT2D eigenvalue weighted by molar-refractivity contribution is -0.277. The molecule has 146 valence electrons. The van der Waals surface area contributed by atoms with E-state index in [0.29, 0.717) is 11.3 Å². The molecule has 5 N–H and O–H groups in total. The Morgan fingerprint density at radius 3 is 2.35 bits per heavy atom. The maximum absolute atomic E-state index is 10.1. The zero-order valence-corrected chi connectivity index (χ0v) is 14.5. The number of aliphatic hydroxyl groups is 5. The molecule has 0 aliphatic carbocycles. The van der Waals surface area contributed by atoms with Crippen molar-refractivity contribution in [1.29, 1.82) is 0 Å². The molecule has 1 aromatic carbocycles. The topological polar surface area (TPSA) is 138 Å². The molecule has 0 radical (unpaired) electrons. The Morgan fingerprint density at radius 2 is 1.77 bits per heavy atom. The zero-order chi connectivity index (χ0) is 19.3. The van der Waals surface area contributed by atoms with Crippen molar-refractivity contribution < 1.29 is 44.5 Å². The first-order valence-electron chi connectivity index (χ1n) is 7.97. The Balaban J connectivity index is 2.36. The molecule has 9 heteroatoms. The predicted octanol–water partition coefficient (Wildman–Crippen LogP) is -1.11. The van der Waals surface area contributed by atoms with Gasteiger partial charge in [0, 0.05) is 11.6 Å². The van der Waals surface area contributed by atoms with Crippen LogP contribution in [-0.2, 0) is 4.74 Å². The molecular formula is C17H24O9. The van der Waals surface area contributed by atoms with E-state index in [1.807, 2.05) is 0 Å². The lowest BCUT2D eigenvalue weighted by atomic mass is 9.99. The van der Waals surface area contributed by atoms with Crippen molar-refractivity contribution in [3.05, 3.63) is 23.8 Å². The molecule has 9 nitrogen and oxygen atoms in total. The van der Waals surface area contributed by atoms with Crippen LogP contribution in [0, 0.1) is 0 Å². The first-order chi connectivity index (χ1) is 12.5. The van der Waals surface area contributed by atoms with Crippen molar-refractivity contribution >= 4 is 6.08 Å². The van der Waals surface area contributed by atoms with E-state index in [-0.39, 0.29) is 18.1 Å². The van der Waals surface area contributed by atoms with Gasteiger partial charge in [-0.2, -0.15) is 0 Å². The maximum Gasteiger partial charge on any atom is 0.229 e. The minimum Gasteiger partial charge on any atom is -0.497 e. The van der Waals surface area contributed by atoms with Gasteiger partial charge in [0.1, 0.15) is 30.2 Å². The summed E-state index contributed by atoms with van der Waals surface area (Å²) in [7, 11) is 2.87. The number of hydrogen-bond donors (Lipinski definition) is 5. The van der Waals surface area contributed by atoms with Crippen molar-refractivity contribution in [2.75, 3.05) is 27.4 Å². The second kappa shape index (κ2) is 9.17. The van der Waals surface area contributed by atoms with E-state index >= 15 is 0 Å². The van der Waals surface area contributed by atoms with Gasteiger partial charge in [-0.3, -0.25) is 0 Å². The smallest absolute Gasteiger partial charge is 0.229 e. The molecule has 1 aromatic rings. The number of methoxy groups -OCH3 is 2. The SMILES string of the molecule is COc1cc(C=CCO)c(OC)c(OC2OC(CO)C(O)C(O)C2O)c1. The normalized spacial score (nSPS) is 29.0. The predicted molar refractivity (Wildman–Crippen MR) is 90.1 cm³/mol. The van der Waals surface area contributed by atoms with Crippen molar-refractivity contribution in [2.45, 2.75) is 30.7 Å². The van der Waals surface area contributed by atoms with E-state index in [1.165, 1.54) is 26.4 Å². The van der Waals surface area contributed by atoms with Crippen LogP contribution in [0.3, 0.4) is 0 Å². The van der Waals surface area contributed by atoms with Crippen LogP contribution in [0.4, 0.5) is 0 Å². The van der Waals surface area contributed by atoms with Crippen molar-refractivity contribution in [1.82, 2.24) is 0 Å². The summed E-state index contributed by atoms with van der Waals surface area (Å²) >= 11 is 0. The number of benzene rings is 1. The summed E-state index contributed by atoms with van der Waals surface area (Å²) in [4.78, 5) is 0. The second-order valence-electron chi connectivity index (χ2n) is 5.65. The molecule has 0 amide bonds. The van der Waals surface area contributed by atoms with Crippen LogP contribution in [0.15, 0.2) is 18.2 Å². The van der Waals surface area contributed by atoms with E-state index in [0.717, 1.165) is 0 Å². The summed E-state index contributed by atoms with van der Waals surface area (Å²) in [5.41, 5.74) is 0.542. The highest BCUT2D eigenvalue weighted by molar-refractivity contribution is 5.65. The van der Waals surface area contributed by atoms with Gasteiger partial charge in [-0.05, 0) is 6.07 Å². The molecule has 1 heterocycles. The van der Waals surface area contributed by atoms with Crippen LogP contribution in [0.25, 0.3) is 6.08 Å². The molecule has 5 unspecified atom stereocenters. The van der Waals surface area contributed by atoms with Crippen LogP contribution in [0.5, 0.6) is 17.2 Å². The van der Waals surface area contributed by atoms with Crippen molar-refractivity contribution in [3.8, 4) is 17.2 Å². The number of hydrogen-bond acceptors (Lipinski definition) is 9. The average Bonchev–Trinajstić information content (AvgIpc) is 2.66. The van der Waals surface area contributed by atoms with Crippen LogP contribution in [-0.4, -0.2) is 83.7 Å². The molecule has 0 spiro atoms. The summed E-state index contributed by atoms with van der Waals surface area (Å²) in [6.07, 6.45) is -3.96. The zero-order valence-electron chi connectivity index (χ0n) is 14.5. The standard InChI is InChI=1S/C17H24O9/c1-23-10-6-9(4-3-5-18)16(24-2)11(7-10)25-17-15(22)14(21)13(20)12(8-19)26-17/h3-4,6-7,12-15,17-22H,5,8H2,1-2H3. The summed E-state index contributed by atoms with van der Waals surface area (Å²) in [6.45, 7) is -0.742. The van der Waals surface area contributed by atoms with E-state index in [2.05, 4.69) is 0 Å². The monoisotopic (exact) mass is 372 g/mol. The minimum atomic E-state index is -1.56. The van der Waals surface area contributed by atoms with Gasteiger partial charge in [0.25, 0.3) is 0 Å². The van der Waals surface area contributed by atoms with Gasteiger partial charge in [0.2, 0.25) is 6.29 Å². The van der Waals surface area contributed by atoms with Crippen LogP contribution < -0.4 is 14.2 Å². The molecule has 26 heavy (non-hydrogen) atoms. The minimum absolute atomic E-state index is 0.147. The Kier molecular flexibility index (Phi) is 7.21. The fraction of sp³-hybridized carbons (Fsp3) is 0.529. The summed E-state index contributed by atoms with van der Waals surface area (Å²) in [5.74, 6) is 0.851. The fourth-order valence-corrected chi connectivity index (χ4v) is 2.61. The van der Waals surface area contributed by atoms with Gasteiger partial charge in [0.15, 0.2) is 11.5 Å². The second-order valence-corrected chi connectivity index (χ2v) is 5.65. The van der Waals surface area contributed by atoms with Gasteiger partial charge < -0.3 is 44.5 Å². The Hall–Kier alpha value is -1.88. The van der Waals surface area contributed by atoms with Crippen LogP contribution in [0.1, 0.15) is 5.56 Å². The Morgan fingerprint density at radius 1 is 1.04 bits per heavy atom. The molecule has 1 fully saturated rings. The van der Waals surface area contributed by atoms with Gasteiger partial charge >= 0.3 is 0 Å². The van der Waals surface area contributed by atoms with Crippen LogP contribution >= 0.6 is 0 Å². The lowest BCUT2D eigenvalue weighted by Crippen LogP contribution is -2.60. The summed E-state index contributed by atoms with van der Waals surface area (Å²) in [6, 6.07) is 3.15. The van der Waals surface area contributed by atoms with E-state index < -0.39 is 37.3 Å².